The Hall–Kier alpha value is -1.88. The number of nitrogens with zero attached hydrogens (tertiary/aromatic N) is 1. The number of benzene rings is 1. The minimum Gasteiger partial charge on any atom is -0.481 e. The molecule has 1 aromatic carbocycles. The number of likely N-dealkylation sites (tertiary alicyclic amines) is 1. The van der Waals surface area contributed by atoms with Crippen molar-refractivity contribution in [2.45, 2.75) is 26.2 Å². The maximum absolute atomic E-state index is 11.9. The molecular weight excluding hydrogens is 268 g/mol. The van der Waals surface area contributed by atoms with Crippen LogP contribution in [0.25, 0.3) is 0 Å². The zero-order valence-corrected chi connectivity index (χ0v) is 12.3. The molecular formula is C16H22N2O3. The Morgan fingerprint density at radius 2 is 1.86 bits per heavy atom. The second-order valence-electron chi connectivity index (χ2n) is 5.87. The van der Waals surface area contributed by atoms with Crippen LogP contribution in [0, 0.1) is 5.41 Å². The Balaban J connectivity index is 1.72. The van der Waals surface area contributed by atoms with E-state index in [1.54, 1.807) is 6.92 Å². The molecule has 0 saturated carbocycles. The molecule has 114 valence electrons. The molecule has 2 rings (SSSR count). The number of carbonyl (C=O) groups excluding carboxylic acids is 1. The summed E-state index contributed by atoms with van der Waals surface area (Å²) in [7, 11) is 0. The summed E-state index contributed by atoms with van der Waals surface area (Å²) in [5.41, 5.74) is 0.197. The Morgan fingerprint density at radius 1 is 1.24 bits per heavy atom. The monoisotopic (exact) mass is 290 g/mol. The van der Waals surface area contributed by atoms with Crippen LogP contribution in [0.5, 0.6) is 0 Å². The highest BCUT2D eigenvalue weighted by atomic mass is 16.4. The second-order valence-corrected chi connectivity index (χ2v) is 5.87. The third kappa shape index (κ3) is 4.29. The molecule has 5 nitrogen and oxygen atoms in total. The van der Waals surface area contributed by atoms with Gasteiger partial charge in [0, 0.05) is 18.7 Å². The van der Waals surface area contributed by atoms with Crippen molar-refractivity contribution in [2.75, 3.05) is 25.0 Å². The van der Waals surface area contributed by atoms with Crippen molar-refractivity contribution >= 4 is 17.6 Å². The number of piperidine rings is 1. The Kier molecular flexibility index (Phi) is 4.96. The van der Waals surface area contributed by atoms with E-state index in [0.29, 0.717) is 25.8 Å². The van der Waals surface area contributed by atoms with Gasteiger partial charge in [0.2, 0.25) is 5.91 Å². The molecule has 2 N–H and O–H groups in total. The molecule has 1 saturated heterocycles. The number of nitrogens with one attached hydrogen (secondary N) is 1. The molecule has 1 heterocycles. The van der Waals surface area contributed by atoms with Crippen molar-refractivity contribution in [3.63, 3.8) is 0 Å². The van der Waals surface area contributed by atoms with Gasteiger partial charge >= 0.3 is 5.97 Å². The summed E-state index contributed by atoms with van der Waals surface area (Å²) in [5, 5.41) is 12.0. The summed E-state index contributed by atoms with van der Waals surface area (Å²) in [5.74, 6) is -0.725. The highest BCUT2D eigenvalue weighted by Crippen LogP contribution is 2.30. The van der Waals surface area contributed by atoms with Crippen molar-refractivity contribution in [3.8, 4) is 0 Å². The molecule has 0 unspecified atom stereocenters. The second kappa shape index (κ2) is 6.72. The number of hydrogen-bond donors (Lipinski definition) is 2. The van der Waals surface area contributed by atoms with Crippen LogP contribution < -0.4 is 5.32 Å². The fourth-order valence-electron chi connectivity index (χ4n) is 2.49. The van der Waals surface area contributed by atoms with E-state index in [4.69, 9.17) is 0 Å². The molecule has 0 spiro atoms. The molecule has 0 aliphatic carbocycles. The van der Waals surface area contributed by atoms with Crippen molar-refractivity contribution in [2.24, 2.45) is 5.41 Å². The molecule has 0 aromatic heterocycles. The third-order valence-electron chi connectivity index (χ3n) is 4.19. The first kappa shape index (κ1) is 15.5. The third-order valence-corrected chi connectivity index (χ3v) is 4.19. The van der Waals surface area contributed by atoms with E-state index in [1.165, 1.54) is 0 Å². The van der Waals surface area contributed by atoms with Gasteiger partial charge < -0.3 is 15.3 Å². The van der Waals surface area contributed by atoms with Crippen molar-refractivity contribution in [1.82, 2.24) is 4.90 Å². The summed E-state index contributed by atoms with van der Waals surface area (Å²) < 4.78 is 0. The van der Waals surface area contributed by atoms with Crippen LogP contribution in [0.4, 0.5) is 5.69 Å². The maximum atomic E-state index is 11.9. The number of aliphatic carboxylic acids is 1. The highest BCUT2D eigenvalue weighted by Gasteiger charge is 2.36. The van der Waals surface area contributed by atoms with Gasteiger partial charge in [0.15, 0.2) is 0 Å². The quantitative estimate of drug-likeness (QED) is 0.872. The average molecular weight is 290 g/mol. The molecule has 0 bridgehead atoms. The fourth-order valence-corrected chi connectivity index (χ4v) is 2.49. The summed E-state index contributed by atoms with van der Waals surface area (Å²) in [6.45, 7) is 3.95. The molecule has 0 radical (unpaired) electrons. The van der Waals surface area contributed by atoms with Gasteiger partial charge in [-0.15, -0.1) is 0 Å². The van der Waals surface area contributed by atoms with Crippen LogP contribution in [0.3, 0.4) is 0 Å². The standard InChI is InChI=1S/C16H22N2O3/c1-16(15(20)21)8-11-18(12-9-16)10-7-14(19)17-13-5-3-2-4-6-13/h2-6H,7-12H2,1H3,(H,17,19)(H,20,21). The SMILES string of the molecule is CC1(C(=O)O)CCN(CCC(=O)Nc2ccccc2)CC1. The normalized spacial score (nSPS) is 18.1. The highest BCUT2D eigenvalue weighted by molar-refractivity contribution is 5.90. The predicted octanol–water partition coefficient (Wildman–Crippen LogP) is 2.20. The molecule has 1 aromatic rings. The van der Waals surface area contributed by atoms with Crippen LogP contribution in [-0.4, -0.2) is 41.5 Å². The Bertz CT molecular complexity index is 494. The van der Waals surface area contributed by atoms with E-state index in [2.05, 4.69) is 10.2 Å². The number of carboxylic acid groups (broad SMARTS) is 1. The van der Waals surface area contributed by atoms with Crippen molar-refractivity contribution in [3.05, 3.63) is 30.3 Å². The van der Waals surface area contributed by atoms with Gasteiger partial charge in [-0.1, -0.05) is 18.2 Å². The molecule has 1 aliphatic rings. The number of rotatable bonds is 5. The van der Waals surface area contributed by atoms with Crippen molar-refractivity contribution < 1.29 is 14.7 Å². The number of para-hydroxylation sites is 1. The van der Waals surface area contributed by atoms with E-state index in [1.807, 2.05) is 30.3 Å². The smallest absolute Gasteiger partial charge is 0.309 e. The van der Waals surface area contributed by atoms with E-state index in [9.17, 15) is 14.7 Å². The van der Waals surface area contributed by atoms with E-state index in [-0.39, 0.29) is 5.91 Å². The first-order chi connectivity index (χ1) is 9.99. The van der Waals surface area contributed by atoms with Crippen LogP contribution in [-0.2, 0) is 9.59 Å². The molecule has 21 heavy (non-hydrogen) atoms. The fraction of sp³-hybridized carbons (Fsp3) is 0.500. The predicted molar refractivity (Wildman–Crippen MR) is 81.1 cm³/mol. The lowest BCUT2D eigenvalue weighted by Crippen LogP contribution is -2.43. The molecule has 1 amide bonds. The minimum atomic E-state index is -0.719. The first-order valence-corrected chi connectivity index (χ1v) is 7.30. The minimum absolute atomic E-state index is 0.00669. The molecule has 1 aliphatic heterocycles. The maximum Gasteiger partial charge on any atom is 0.309 e. The van der Waals surface area contributed by atoms with Gasteiger partial charge in [0.1, 0.15) is 0 Å². The lowest BCUT2D eigenvalue weighted by molar-refractivity contribution is -0.150. The van der Waals surface area contributed by atoms with Gasteiger partial charge in [-0.05, 0) is 45.0 Å². The Morgan fingerprint density at radius 3 is 2.43 bits per heavy atom. The molecule has 0 atom stereocenters. The first-order valence-electron chi connectivity index (χ1n) is 7.30. The molecule has 5 heteroatoms. The van der Waals surface area contributed by atoms with Crippen LogP contribution in [0.1, 0.15) is 26.2 Å². The largest absolute Gasteiger partial charge is 0.481 e. The zero-order valence-electron chi connectivity index (χ0n) is 12.3. The van der Waals surface area contributed by atoms with Gasteiger partial charge in [-0.25, -0.2) is 0 Å². The average Bonchev–Trinajstić information content (AvgIpc) is 2.47. The van der Waals surface area contributed by atoms with E-state index < -0.39 is 11.4 Å². The topological polar surface area (TPSA) is 69.6 Å². The van der Waals surface area contributed by atoms with E-state index in [0.717, 1.165) is 18.8 Å². The van der Waals surface area contributed by atoms with Crippen LogP contribution in [0.15, 0.2) is 30.3 Å². The van der Waals surface area contributed by atoms with Gasteiger partial charge in [-0.3, -0.25) is 9.59 Å². The van der Waals surface area contributed by atoms with Crippen LogP contribution in [0.2, 0.25) is 0 Å². The number of carbonyl (C=O) groups is 2. The van der Waals surface area contributed by atoms with Crippen molar-refractivity contribution in [1.29, 1.82) is 0 Å². The molecule has 1 fully saturated rings. The zero-order chi connectivity index (χ0) is 15.3. The lowest BCUT2D eigenvalue weighted by Gasteiger charge is -2.36. The summed E-state index contributed by atoms with van der Waals surface area (Å²) in [6.07, 6.45) is 1.71. The Labute approximate surface area is 125 Å². The summed E-state index contributed by atoms with van der Waals surface area (Å²) in [4.78, 5) is 25.2. The van der Waals surface area contributed by atoms with Gasteiger partial charge in [0.05, 0.1) is 5.41 Å². The van der Waals surface area contributed by atoms with Crippen LogP contribution >= 0.6 is 0 Å². The number of carboxylic acids is 1. The van der Waals surface area contributed by atoms with E-state index >= 15 is 0 Å². The number of anilines is 1. The van der Waals surface area contributed by atoms with Gasteiger partial charge in [-0.2, -0.15) is 0 Å². The summed E-state index contributed by atoms with van der Waals surface area (Å²) in [6, 6.07) is 9.39. The summed E-state index contributed by atoms with van der Waals surface area (Å²) >= 11 is 0. The lowest BCUT2D eigenvalue weighted by atomic mass is 9.80. The number of hydrogen-bond acceptors (Lipinski definition) is 3. The number of amides is 1. The van der Waals surface area contributed by atoms with Gasteiger partial charge in [0.25, 0.3) is 0 Å².